The van der Waals surface area contributed by atoms with E-state index in [2.05, 4.69) is 25.6 Å². The second kappa shape index (κ2) is 35.7. The molecule has 6 aromatic rings. The van der Waals surface area contributed by atoms with Crippen molar-refractivity contribution >= 4 is 73.2 Å². The maximum Gasteiger partial charge on any atom is 1.00 e. The fourth-order valence-electron chi connectivity index (χ4n) is 4.00. The van der Waals surface area contributed by atoms with Crippen LogP contribution in [0.25, 0.3) is 32.9 Å². The van der Waals surface area contributed by atoms with Crippen LogP contribution in [0.4, 0.5) is 0 Å². The molecule has 23 heteroatoms. The number of phenols is 1. The molecule has 3 heterocycles. The van der Waals surface area contributed by atoms with E-state index in [0.717, 1.165) is 16.2 Å². The van der Waals surface area contributed by atoms with Crippen molar-refractivity contribution in [3.8, 4) is 17.2 Å². The van der Waals surface area contributed by atoms with E-state index in [-0.39, 0.29) is 164 Å². The number of esters is 2. The van der Waals surface area contributed by atoms with Crippen LogP contribution in [-0.2, 0) is 33.5 Å². The Labute approximate surface area is 462 Å². The molecule has 0 unspecified atom stereocenters. The molecule has 0 radical (unpaired) electrons. The van der Waals surface area contributed by atoms with Gasteiger partial charge in [0.2, 0.25) is 0 Å². The second-order valence-corrected chi connectivity index (χ2v) is 10.9. The summed E-state index contributed by atoms with van der Waals surface area (Å²) in [5, 5.41) is 28.6. The Hall–Kier alpha value is -2.76. The quantitative estimate of drug-likeness (QED) is 0.0247. The van der Waals surface area contributed by atoms with Crippen LogP contribution in [-0.4, -0.2) is 71.8 Å². The van der Waals surface area contributed by atoms with Crippen molar-refractivity contribution in [2.24, 2.45) is 0 Å². The molecule has 0 amide bonds. The molecule has 0 atom stereocenters. The number of hydrogen-bond acceptors (Lipinski definition) is 18. The summed E-state index contributed by atoms with van der Waals surface area (Å²) in [6.07, 6.45) is 0. The third kappa shape index (κ3) is 25.8. The van der Waals surface area contributed by atoms with Crippen LogP contribution >= 0.6 is 15.9 Å². The first-order valence-electron chi connectivity index (χ1n) is 16.2. The summed E-state index contributed by atoms with van der Waals surface area (Å²) >= 11 is 2.94. The van der Waals surface area contributed by atoms with Crippen molar-refractivity contribution in [1.29, 1.82) is 0 Å². The number of carboxylic acids is 1. The molecule has 0 saturated heterocycles. The van der Waals surface area contributed by atoms with Crippen LogP contribution in [0.5, 0.6) is 17.2 Å². The number of ether oxygens (including phenoxy) is 4. The number of carbonyl (C=O) groups excluding carboxylic acids is 3. The van der Waals surface area contributed by atoms with E-state index >= 15 is 0 Å². The minimum Gasteiger partial charge on any atom is -1.00 e. The van der Waals surface area contributed by atoms with Crippen LogP contribution in [0.3, 0.4) is 0 Å². The van der Waals surface area contributed by atoms with Gasteiger partial charge in [-0.05, 0) is 68.4 Å². The second-order valence-electron chi connectivity index (χ2n) is 10.3. The van der Waals surface area contributed by atoms with Gasteiger partial charge in [-0.25, -0.2) is 24.0 Å². The van der Waals surface area contributed by atoms with Gasteiger partial charge >= 0.3 is 167 Å². The molecule has 0 saturated carbocycles. The molecular weight excluding hydrogens is 941 g/mol. The van der Waals surface area contributed by atoms with Crippen LogP contribution in [0.1, 0.15) is 15.3 Å². The Morgan fingerprint density at radius 1 is 0.672 bits per heavy atom. The number of alkyl halides is 1. The average molecular weight is 978 g/mol. The van der Waals surface area contributed by atoms with Crippen molar-refractivity contribution in [3.05, 3.63) is 122 Å². The largest absolute Gasteiger partial charge is 1.00 e. The Morgan fingerprint density at radius 2 is 1.03 bits per heavy atom. The Kier molecular flexibility index (Phi) is 36.6. The number of benzene rings is 3. The van der Waals surface area contributed by atoms with Gasteiger partial charge in [0.1, 0.15) is 39.3 Å². The monoisotopic (exact) mass is 976 g/mol. The van der Waals surface area contributed by atoms with E-state index in [1.54, 1.807) is 74.5 Å². The third-order valence-corrected chi connectivity index (χ3v) is 6.73. The summed E-state index contributed by atoms with van der Waals surface area (Å²) in [7, 11) is 0. The molecule has 19 nitrogen and oxygen atoms in total. The maximum absolute atomic E-state index is 11.1. The number of hydrogen-bond donors (Lipinski definition) is 2. The molecule has 0 aliphatic rings. The maximum atomic E-state index is 11.1. The smallest absolute Gasteiger partial charge is 1.00 e. The van der Waals surface area contributed by atoms with Gasteiger partial charge in [-0.15, -0.1) is 0 Å². The zero-order valence-corrected chi connectivity index (χ0v) is 43.4. The van der Waals surface area contributed by atoms with Gasteiger partial charge in [0.05, 0.1) is 13.2 Å². The number of aliphatic carboxylic acids is 1. The van der Waals surface area contributed by atoms with Crippen molar-refractivity contribution in [1.82, 2.24) is 0 Å². The summed E-state index contributed by atoms with van der Waals surface area (Å²) in [6, 6.07) is 23.4. The van der Waals surface area contributed by atoms with Crippen LogP contribution < -0.4 is 164 Å². The number of carboxylic acid groups (broad SMARTS) is 1. The molecule has 312 valence electrons. The summed E-state index contributed by atoms with van der Waals surface area (Å²) in [5.74, 6) is -0.810. The van der Waals surface area contributed by atoms with Gasteiger partial charge in [0, 0.05) is 52.6 Å². The van der Waals surface area contributed by atoms with Crippen molar-refractivity contribution in [3.63, 3.8) is 0 Å². The van der Waals surface area contributed by atoms with Crippen molar-refractivity contribution in [2.75, 3.05) is 31.8 Å². The van der Waals surface area contributed by atoms with Crippen LogP contribution in [0.15, 0.2) is 119 Å². The molecule has 3 aromatic carbocycles. The first-order valence-corrected chi connectivity index (χ1v) is 17.3. The molecule has 6 rings (SSSR count). The van der Waals surface area contributed by atoms with Gasteiger partial charge in [0.15, 0.2) is 13.2 Å². The summed E-state index contributed by atoms with van der Waals surface area (Å²) in [4.78, 5) is 75.6. The molecule has 3 N–H and O–H groups in total. The third-order valence-electron chi connectivity index (χ3n) is 6.27. The molecule has 0 fully saturated rings. The number of fused-ring (bicyclic) bond motifs is 3. The normalized spacial score (nSPS) is 9.05. The first-order chi connectivity index (χ1) is 27.3. The molecule has 0 aliphatic carbocycles. The predicted molar refractivity (Wildman–Crippen MR) is 205 cm³/mol. The summed E-state index contributed by atoms with van der Waals surface area (Å²) in [6.45, 7) is 3.50. The predicted octanol–water partition coefficient (Wildman–Crippen LogP) is -5.18. The Morgan fingerprint density at radius 3 is 1.39 bits per heavy atom. The first kappa shape index (κ1) is 62.5. The van der Waals surface area contributed by atoms with Crippen molar-refractivity contribution < 1.29 is 211 Å². The average Bonchev–Trinajstić information content (AvgIpc) is 3.19. The topological polar surface area (TPSA) is 299 Å². The Balaban J connectivity index is -0.000000354. The molecule has 61 heavy (non-hydrogen) atoms. The fraction of sp³-hybridized carbons (Fsp3) is 0.184. The molecule has 0 spiro atoms. The van der Waals surface area contributed by atoms with Crippen molar-refractivity contribution in [2.45, 2.75) is 13.8 Å². The number of rotatable bonds is 10. The van der Waals surface area contributed by atoms with E-state index < -0.39 is 35.4 Å². The number of carbonyl (C=O) groups is 4. The minimum absolute atomic E-state index is 0. The molecule has 0 aliphatic heterocycles. The number of halogens is 1. The van der Waals surface area contributed by atoms with E-state index in [1.165, 1.54) is 30.3 Å². The van der Waals surface area contributed by atoms with E-state index in [1.807, 2.05) is 0 Å². The number of phenolic OH excluding ortho intramolecular Hbond substituents is 1. The molecular formula is C38H36BrK2NaO19. The Bertz CT molecular complexity index is 2430. The van der Waals surface area contributed by atoms with Crippen LogP contribution in [0.2, 0.25) is 0 Å². The van der Waals surface area contributed by atoms with Gasteiger partial charge in [-0.3, -0.25) is 9.59 Å². The zero-order valence-electron chi connectivity index (χ0n) is 34.5. The van der Waals surface area contributed by atoms with Gasteiger partial charge in [-0.2, -0.15) is 0 Å². The van der Waals surface area contributed by atoms with Gasteiger partial charge in [-0.1, -0.05) is 15.9 Å². The fourth-order valence-corrected chi connectivity index (χ4v) is 4.16. The van der Waals surface area contributed by atoms with Gasteiger partial charge < -0.3 is 59.5 Å². The number of aromatic hydroxyl groups is 1. The SMILES string of the molecule is CCOC(=O)CBr.CCOC(=O)COc1ccc2ccc(=O)oc2c1.O=C(O)COc1ccc2ccc(=O)oc2c1.O=CO[O-].O=c1ccc2ccc(O)cc2o1.[H-].[K+].[K+].[Na+].[OH-]. The van der Waals surface area contributed by atoms with E-state index in [4.69, 9.17) is 47.7 Å². The summed E-state index contributed by atoms with van der Waals surface area (Å²) in [5.41, 5.74) is -0.0947. The summed E-state index contributed by atoms with van der Waals surface area (Å²) < 4.78 is 34.2. The molecule has 3 aromatic heterocycles. The van der Waals surface area contributed by atoms with E-state index in [9.17, 15) is 28.8 Å². The standard InChI is InChI=1S/C13H12O5.C11H8O5.C9H6O3.C4H7BrO2.CH2O3.2K.Na.H2O.H/c1-2-16-13(15)8-17-10-5-3-9-4-6-12(14)18-11(9)7-10;12-10(13)6-15-8-3-1-7-2-4-11(14)16-9(7)5-8;10-7-3-1-6-2-4-9(11)12-8(6)5-7;1-2-7-4(6)3-5;2-1-4-3;;;;;/h3-7H,2,8H2,1H3;1-5H,6H2,(H,12,13);1-5,10H;2-3H2,1H3;1,3H;;;;1H2;/q;;;;;3*+1;;-1/p-2. The van der Waals surface area contributed by atoms with Gasteiger partial charge in [0.25, 0.3) is 6.47 Å². The minimum atomic E-state index is -1.06. The van der Waals surface area contributed by atoms with Crippen LogP contribution in [0, 0.1) is 0 Å². The van der Waals surface area contributed by atoms with E-state index in [0.29, 0.717) is 46.8 Å². The molecule has 0 bridgehead atoms. The zero-order chi connectivity index (χ0) is 42.2.